The van der Waals surface area contributed by atoms with Gasteiger partial charge >= 0.3 is 0 Å². The van der Waals surface area contributed by atoms with Crippen molar-refractivity contribution in [2.24, 2.45) is 5.84 Å². The first-order valence-electron chi connectivity index (χ1n) is 6.78. The number of nitrogen functional groups attached to an aromatic ring is 1. The van der Waals surface area contributed by atoms with Crippen molar-refractivity contribution in [3.05, 3.63) is 0 Å². The van der Waals surface area contributed by atoms with Gasteiger partial charge in [0.25, 0.3) is 0 Å². The van der Waals surface area contributed by atoms with Crippen LogP contribution in [0.1, 0.15) is 20.3 Å². The number of hydrogen-bond donors (Lipinski definition) is 3. The summed E-state index contributed by atoms with van der Waals surface area (Å²) in [5.41, 5.74) is 2.45. The summed E-state index contributed by atoms with van der Waals surface area (Å²) >= 11 is 0. The molecule has 1 heterocycles. The molecule has 8 nitrogen and oxygen atoms in total. The van der Waals surface area contributed by atoms with Crippen molar-refractivity contribution >= 4 is 17.8 Å². The quantitative estimate of drug-likeness (QED) is 0.357. The molecule has 0 aliphatic carbocycles. The highest BCUT2D eigenvalue weighted by Crippen LogP contribution is 2.10. The van der Waals surface area contributed by atoms with Gasteiger partial charge in [0.1, 0.15) is 0 Å². The number of nitrogens with two attached hydrogens (primary N) is 1. The smallest absolute Gasteiger partial charge is 0.243 e. The fourth-order valence-electron chi connectivity index (χ4n) is 1.50. The van der Waals surface area contributed by atoms with Crippen LogP contribution < -0.4 is 21.5 Å². The molecule has 20 heavy (non-hydrogen) atoms. The molecule has 0 spiro atoms. The number of nitrogens with zero attached hydrogens (tertiary/aromatic N) is 5. The van der Waals surface area contributed by atoms with Gasteiger partial charge in [-0.1, -0.05) is 0 Å². The number of rotatable bonds is 8. The number of hydrogen-bond acceptors (Lipinski definition) is 8. The molecular formula is C12H26N8. The second-order valence-corrected chi connectivity index (χ2v) is 5.18. The third-order valence-corrected chi connectivity index (χ3v) is 3.00. The molecule has 0 saturated carbocycles. The first-order chi connectivity index (χ1) is 9.43. The Kier molecular flexibility index (Phi) is 6.40. The molecule has 0 aromatic carbocycles. The molecule has 0 saturated heterocycles. The van der Waals surface area contributed by atoms with Gasteiger partial charge in [0.15, 0.2) is 0 Å². The Morgan fingerprint density at radius 1 is 1.10 bits per heavy atom. The summed E-state index contributed by atoms with van der Waals surface area (Å²) in [6.45, 7) is 6.19. The summed E-state index contributed by atoms with van der Waals surface area (Å²) in [5, 5.41) is 3.20. The molecule has 1 aromatic heterocycles. The van der Waals surface area contributed by atoms with E-state index in [9.17, 15) is 0 Å². The van der Waals surface area contributed by atoms with Gasteiger partial charge in [-0.05, 0) is 33.9 Å². The molecule has 0 unspecified atom stereocenters. The molecule has 8 heteroatoms. The summed E-state index contributed by atoms with van der Waals surface area (Å²) in [6, 6.07) is 0.556. The lowest BCUT2D eigenvalue weighted by molar-refractivity contribution is 0.273. The topological polar surface area (TPSA) is 95.2 Å². The van der Waals surface area contributed by atoms with E-state index in [2.05, 4.69) is 51.5 Å². The summed E-state index contributed by atoms with van der Waals surface area (Å²) in [6.07, 6.45) is 1.02. The zero-order chi connectivity index (χ0) is 15.1. The summed E-state index contributed by atoms with van der Waals surface area (Å²) in [7, 11) is 5.86. The highest BCUT2D eigenvalue weighted by atomic mass is 15.4. The van der Waals surface area contributed by atoms with Gasteiger partial charge in [-0.15, -0.1) is 0 Å². The maximum Gasteiger partial charge on any atom is 0.243 e. The average Bonchev–Trinajstić information content (AvgIpc) is 2.42. The van der Waals surface area contributed by atoms with Crippen LogP contribution >= 0.6 is 0 Å². The van der Waals surface area contributed by atoms with Gasteiger partial charge < -0.3 is 15.1 Å². The highest BCUT2D eigenvalue weighted by Gasteiger charge is 2.07. The molecule has 0 aliphatic rings. The van der Waals surface area contributed by atoms with Crippen LogP contribution in [0.4, 0.5) is 17.8 Å². The Hall–Kier alpha value is -1.67. The second kappa shape index (κ2) is 7.81. The van der Waals surface area contributed by atoms with Crippen LogP contribution in [0.25, 0.3) is 0 Å². The lowest BCUT2D eigenvalue weighted by Gasteiger charge is -2.20. The molecule has 0 fully saturated rings. The van der Waals surface area contributed by atoms with E-state index in [0.717, 1.165) is 19.5 Å². The van der Waals surface area contributed by atoms with Crippen LogP contribution in [0.5, 0.6) is 0 Å². The SMILES string of the molecule is CC(C)N(C)CCCNc1nc(NN)nc(N(C)C)n1. The van der Waals surface area contributed by atoms with E-state index in [1.165, 1.54) is 0 Å². The van der Waals surface area contributed by atoms with Crippen LogP contribution in [-0.2, 0) is 0 Å². The normalized spacial score (nSPS) is 11.0. The molecule has 114 valence electrons. The largest absolute Gasteiger partial charge is 0.354 e. The van der Waals surface area contributed by atoms with E-state index in [4.69, 9.17) is 5.84 Å². The molecule has 0 bridgehead atoms. The zero-order valence-corrected chi connectivity index (χ0v) is 13.0. The fourth-order valence-corrected chi connectivity index (χ4v) is 1.50. The average molecular weight is 282 g/mol. The lowest BCUT2D eigenvalue weighted by atomic mass is 10.3. The maximum absolute atomic E-state index is 5.36. The highest BCUT2D eigenvalue weighted by molar-refractivity contribution is 5.42. The number of aromatic nitrogens is 3. The van der Waals surface area contributed by atoms with Crippen molar-refractivity contribution in [3.8, 4) is 0 Å². The molecule has 0 aliphatic heterocycles. The minimum absolute atomic E-state index is 0.352. The van der Waals surface area contributed by atoms with Gasteiger partial charge in [-0.2, -0.15) is 15.0 Å². The van der Waals surface area contributed by atoms with Crippen LogP contribution in [0.15, 0.2) is 0 Å². The van der Waals surface area contributed by atoms with Gasteiger partial charge in [0, 0.05) is 26.7 Å². The Bertz CT molecular complexity index is 406. The third kappa shape index (κ3) is 5.14. The van der Waals surface area contributed by atoms with Gasteiger partial charge in [-0.25, -0.2) is 5.84 Å². The molecular weight excluding hydrogens is 256 g/mol. The second-order valence-electron chi connectivity index (χ2n) is 5.18. The Morgan fingerprint density at radius 2 is 1.75 bits per heavy atom. The van der Waals surface area contributed by atoms with Gasteiger partial charge in [0.05, 0.1) is 0 Å². The van der Waals surface area contributed by atoms with E-state index in [0.29, 0.717) is 23.9 Å². The summed E-state index contributed by atoms with van der Waals surface area (Å²) in [5.74, 6) is 6.81. The van der Waals surface area contributed by atoms with Gasteiger partial charge in [0.2, 0.25) is 17.8 Å². The zero-order valence-electron chi connectivity index (χ0n) is 13.0. The van der Waals surface area contributed by atoms with E-state index in [1.54, 1.807) is 4.90 Å². The van der Waals surface area contributed by atoms with E-state index in [-0.39, 0.29) is 0 Å². The van der Waals surface area contributed by atoms with Crippen LogP contribution in [-0.4, -0.2) is 60.1 Å². The predicted octanol–water partition coefficient (Wildman–Crippen LogP) is 0.365. The first-order valence-corrected chi connectivity index (χ1v) is 6.78. The maximum atomic E-state index is 5.36. The van der Waals surface area contributed by atoms with Crippen molar-refractivity contribution in [2.45, 2.75) is 26.3 Å². The minimum Gasteiger partial charge on any atom is -0.354 e. The number of hydrazine groups is 1. The standard InChI is InChI=1S/C12H26N8/c1-9(2)20(5)8-6-7-14-10-15-11(18-13)17-12(16-10)19(3)4/h9H,6-8,13H2,1-5H3,(H2,14,15,16,17,18). The van der Waals surface area contributed by atoms with E-state index < -0.39 is 0 Å². The Labute approximate surface area is 120 Å². The van der Waals surface area contributed by atoms with Crippen LogP contribution in [0, 0.1) is 0 Å². The minimum atomic E-state index is 0.352. The molecule has 1 aromatic rings. The van der Waals surface area contributed by atoms with Crippen molar-refractivity contribution in [3.63, 3.8) is 0 Å². The molecule has 0 atom stereocenters. The van der Waals surface area contributed by atoms with Crippen LogP contribution in [0.2, 0.25) is 0 Å². The lowest BCUT2D eigenvalue weighted by Crippen LogP contribution is -2.28. The van der Waals surface area contributed by atoms with Crippen molar-refractivity contribution in [1.82, 2.24) is 19.9 Å². The molecule has 1 rings (SSSR count). The fraction of sp³-hybridized carbons (Fsp3) is 0.750. The van der Waals surface area contributed by atoms with E-state index >= 15 is 0 Å². The van der Waals surface area contributed by atoms with Crippen molar-refractivity contribution < 1.29 is 0 Å². The third-order valence-electron chi connectivity index (χ3n) is 3.00. The Balaban J connectivity index is 2.53. The van der Waals surface area contributed by atoms with Crippen molar-refractivity contribution in [2.75, 3.05) is 49.9 Å². The van der Waals surface area contributed by atoms with Crippen molar-refractivity contribution in [1.29, 1.82) is 0 Å². The summed E-state index contributed by atoms with van der Waals surface area (Å²) < 4.78 is 0. The molecule has 0 amide bonds. The summed E-state index contributed by atoms with van der Waals surface area (Å²) in [4.78, 5) is 16.7. The number of nitrogens with one attached hydrogen (secondary N) is 2. The monoisotopic (exact) mass is 282 g/mol. The van der Waals surface area contributed by atoms with Gasteiger partial charge in [-0.3, -0.25) is 5.43 Å². The predicted molar refractivity (Wildman–Crippen MR) is 82.8 cm³/mol. The van der Waals surface area contributed by atoms with E-state index in [1.807, 2.05) is 14.1 Å². The Morgan fingerprint density at radius 3 is 2.30 bits per heavy atom. The molecule has 0 radical (unpaired) electrons. The van der Waals surface area contributed by atoms with Crippen LogP contribution in [0.3, 0.4) is 0 Å². The molecule has 4 N–H and O–H groups in total. The first kappa shape index (κ1) is 16.4. The number of anilines is 3.